The molecular weight excluding hydrogens is 220 g/mol. The third-order valence-electron chi connectivity index (χ3n) is 1.72. The van der Waals surface area contributed by atoms with Crippen LogP contribution < -0.4 is 4.72 Å². The maximum atomic E-state index is 10.5. The van der Waals surface area contributed by atoms with Gasteiger partial charge in [-0.15, -0.1) is 0 Å². The van der Waals surface area contributed by atoms with E-state index in [0.717, 1.165) is 15.8 Å². The maximum Gasteiger partial charge on any atom is 0.260 e. The van der Waals surface area contributed by atoms with Crippen LogP contribution in [0.2, 0.25) is 0 Å². The number of rotatable bonds is 2. The number of benzene rings is 1. The van der Waals surface area contributed by atoms with E-state index in [-0.39, 0.29) is 0 Å². The highest BCUT2D eigenvalue weighted by atomic mass is 32.2. The van der Waals surface area contributed by atoms with E-state index in [1.165, 1.54) is 11.3 Å². The van der Waals surface area contributed by atoms with Crippen LogP contribution in [0, 0.1) is 6.92 Å². The molecule has 4 nitrogen and oxygen atoms in total. The lowest BCUT2D eigenvalue weighted by atomic mass is 10.2. The summed E-state index contributed by atoms with van der Waals surface area (Å²) in [6.07, 6.45) is 0. The standard InChI is InChI=1S/C8H8N2O2S2/c1-5-2-3-6-7(4-5)13-8(9-6)10-14(11)12/h2-4H,1H3,(H,9,10)(H,11,12). The first-order valence-electron chi connectivity index (χ1n) is 3.90. The first kappa shape index (κ1) is 9.57. The highest BCUT2D eigenvalue weighted by molar-refractivity contribution is 7.80. The second-order valence-corrected chi connectivity index (χ2v) is 4.57. The lowest BCUT2D eigenvalue weighted by Gasteiger charge is -1.90. The van der Waals surface area contributed by atoms with Gasteiger partial charge in [0.1, 0.15) is 0 Å². The zero-order chi connectivity index (χ0) is 10.1. The molecule has 2 aromatic rings. The molecule has 0 saturated carbocycles. The van der Waals surface area contributed by atoms with Crippen LogP contribution in [0.4, 0.5) is 5.13 Å². The molecule has 0 amide bonds. The van der Waals surface area contributed by atoms with E-state index in [1.807, 2.05) is 25.1 Å². The van der Waals surface area contributed by atoms with E-state index in [2.05, 4.69) is 9.71 Å². The number of nitrogens with zero attached hydrogens (tertiary/aromatic N) is 1. The Balaban J connectivity index is 2.46. The minimum Gasteiger partial charge on any atom is -0.289 e. The molecule has 0 fully saturated rings. The zero-order valence-corrected chi connectivity index (χ0v) is 8.98. The molecule has 6 heteroatoms. The largest absolute Gasteiger partial charge is 0.289 e. The molecule has 0 radical (unpaired) electrons. The lowest BCUT2D eigenvalue weighted by Crippen LogP contribution is -2.00. The van der Waals surface area contributed by atoms with Crippen LogP contribution in [0.1, 0.15) is 5.56 Å². The second kappa shape index (κ2) is 3.64. The van der Waals surface area contributed by atoms with Crippen LogP contribution in [-0.4, -0.2) is 13.7 Å². The van der Waals surface area contributed by atoms with E-state index in [0.29, 0.717) is 5.13 Å². The predicted molar refractivity (Wildman–Crippen MR) is 58.8 cm³/mol. The second-order valence-electron chi connectivity index (χ2n) is 2.84. The summed E-state index contributed by atoms with van der Waals surface area (Å²) >= 11 is -0.686. The van der Waals surface area contributed by atoms with Gasteiger partial charge in [0.15, 0.2) is 5.13 Å². The highest BCUT2D eigenvalue weighted by Crippen LogP contribution is 2.26. The van der Waals surface area contributed by atoms with Crippen molar-refractivity contribution in [3.05, 3.63) is 23.8 Å². The van der Waals surface area contributed by atoms with Gasteiger partial charge in [-0.05, 0) is 24.6 Å². The third-order valence-corrected chi connectivity index (χ3v) is 3.15. The summed E-state index contributed by atoms with van der Waals surface area (Å²) in [7, 11) is 0. The fraction of sp³-hybridized carbons (Fsp3) is 0.125. The molecule has 14 heavy (non-hydrogen) atoms. The van der Waals surface area contributed by atoms with Crippen LogP contribution >= 0.6 is 11.3 Å². The average Bonchev–Trinajstić information content (AvgIpc) is 2.44. The van der Waals surface area contributed by atoms with Crippen LogP contribution in [0.5, 0.6) is 0 Å². The summed E-state index contributed by atoms with van der Waals surface area (Å²) in [5.74, 6) is 0. The first-order chi connectivity index (χ1) is 6.65. The summed E-state index contributed by atoms with van der Waals surface area (Å²) < 4.78 is 22.5. The number of hydrogen-bond acceptors (Lipinski definition) is 3. The Kier molecular flexibility index (Phi) is 2.49. The Bertz CT molecular complexity index is 495. The molecule has 0 saturated heterocycles. The molecule has 0 aliphatic heterocycles. The maximum absolute atomic E-state index is 10.5. The van der Waals surface area contributed by atoms with Gasteiger partial charge in [0.25, 0.3) is 11.3 Å². The molecular formula is C8H8N2O2S2. The van der Waals surface area contributed by atoms with Crippen molar-refractivity contribution in [1.29, 1.82) is 0 Å². The molecule has 1 heterocycles. The molecule has 1 atom stereocenters. The Morgan fingerprint density at radius 2 is 2.36 bits per heavy atom. The number of aryl methyl sites for hydroxylation is 1. The van der Waals surface area contributed by atoms with E-state index in [9.17, 15) is 4.21 Å². The Hall–Kier alpha value is -0.980. The average molecular weight is 228 g/mol. The van der Waals surface area contributed by atoms with Gasteiger partial charge in [-0.1, -0.05) is 17.4 Å². The quantitative estimate of drug-likeness (QED) is 0.774. The van der Waals surface area contributed by atoms with Crippen molar-refractivity contribution in [2.45, 2.75) is 6.92 Å². The predicted octanol–water partition coefficient (Wildman–Crippen LogP) is 2.15. The number of thiazole rings is 1. The summed E-state index contributed by atoms with van der Waals surface area (Å²) in [6.45, 7) is 2.00. The zero-order valence-electron chi connectivity index (χ0n) is 7.35. The smallest absolute Gasteiger partial charge is 0.260 e. The van der Waals surface area contributed by atoms with Crippen molar-refractivity contribution in [3.8, 4) is 0 Å². The number of nitrogens with one attached hydrogen (secondary N) is 1. The molecule has 0 spiro atoms. The third kappa shape index (κ3) is 1.92. The van der Waals surface area contributed by atoms with Gasteiger partial charge in [-0.3, -0.25) is 9.27 Å². The van der Waals surface area contributed by atoms with Crippen molar-refractivity contribution in [2.75, 3.05) is 4.72 Å². The monoisotopic (exact) mass is 228 g/mol. The van der Waals surface area contributed by atoms with Gasteiger partial charge in [0.2, 0.25) is 0 Å². The van der Waals surface area contributed by atoms with Crippen molar-refractivity contribution < 1.29 is 8.76 Å². The highest BCUT2D eigenvalue weighted by Gasteiger charge is 2.04. The van der Waals surface area contributed by atoms with Gasteiger partial charge < -0.3 is 0 Å². The van der Waals surface area contributed by atoms with Crippen LogP contribution in [-0.2, 0) is 11.3 Å². The molecule has 0 bridgehead atoms. The minimum atomic E-state index is -2.05. The van der Waals surface area contributed by atoms with Gasteiger partial charge in [-0.25, -0.2) is 9.19 Å². The number of aromatic nitrogens is 1. The Labute approximate surface area is 87.4 Å². The normalized spacial score (nSPS) is 13.0. The number of anilines is 1. The van der Waals surface area contributed by atoms with E-state index in [4.69, 9.17) is 4.55 Å². The molecule has 1 aromatic heterocycles. The molecule has 74 valence electrons. The van der Waals surface area contributed by atoms with Crippen molar-refractivity contribution in [3.63, 3.8) is 0 Å². The number of hydrogen-bond donors (Lipinski definition) is 2. The van der Waals surface area contributed by atoms with Gasteiger partial charge in [-0.2, -0.15) is 0 Å². The van der Waals surface area contributed by atoms with Crippen LogP contribution in [0.25, 0.3) is 10.2 Å². The Morgan fingerprint density at radius 3 is 3.07 bits per heavy atom. The van der Waals surface area contributed by atoms with E-state index < -0.39 is 11.3 Å². The summed E-state index contributed by atoms with van der Waals surface area (Å²) in [5, 5.41) is 0.464. The molecule has 0 aliphatic carbocycles. The fourth-order valence-electron chi connectivity index (χ4n) is 1.15. The fourth-order valence-corrected chi connectivity index (χ4v) is 2.54. The van der Waals surface area contributed by atoms with Gasteiger partial charge in [0, 0.05) is 0 Å². The Morgan fingerprint density at radius 1 is 1.57 bits per heavy atom. The molecule has 2 rings (SSSR count). The van der Waals surface area contributed by atoms with Crippen molar-refractivity contribution in [1.82, 2.24) is 4.98 Å². The van der Waals surface area contributed by atoms with Gasteiger partial charge in [0.05, 0.1) is 10.2 Å². The lowest BCUT2D eigenvalue weighted by molar-refractivity contribution is 0.570. The van der Waals surface area contributed by atoms with Crippen molar-refractivity contribution in [2.24, 2.45) is 0 Å². The summed E-state index contributed by atoms with van der Waals surface area (Å²) in [4.78, 5) is 4.15. The van der Waals surface area contributed by atoms with Crippen LogP contribution in [0.15, 0.2) is 18.2 Å². The SMILES string of the molecule is Cc1ccc2nc(NS(=O)O)sc2c1. The summed E-state index contributed by atoms with van der Waals surface area (Å²) in [6, 6.07) is 5.85. The molecule has 0 aliphatic rings. The minimum absolute atomic E-state index is 0.464. The van der Waals surface area contributed by atoms with E-state index in [1.54, 1.807) is 0 Å². The number of fused-ring (bicyclic) bond motifs is 1. The summed E-state index contributed by atoms with van der Waals surface area (Å²) in [5.41, 5.74) is 1.99. The van der Waals surface area contributed by atoms with Gasteiger partial charge >= 0.3 is 0 Å². The molecule has 1 unspecified atom stereocenters. The molecule has 1 aromatic carbocycles. The van der Waals surface area contributed by atoms with Crippen molar-refractivity contribution >= 4 is 38.0 Å². The first-order valence-corrected chi connectivity index (χ1v) is 5.82. The topological polar surface area (TPSA) is 62.2 Å². The van der Waals surface area contributed by atoms with E-state index >= 15 is 0 Å². The van der Waals surface area contributed by atoms with Crippen LogP contribution in [0.3, 0.4) is 0 Å². The molecule has 2 N–H and O–H groups in total.